The molecule has 2 atom stereocenters. The van der Waals surface area contributed by atoms with Crippen LogP contribution in [0.2, 0.25) is 0 Å². The summed E-state index contributed by atoms with van der Waals surface area (Å²) in [5, 5.41) is 3.26. The first-order valence-corrected chi connectivity index (χ1v) is 9.57. The summed E-state index contributed by atoms with van der Waals surface area (Å²) < 4.78 is 0. The molecule has 0 spiro atoms. The van der Waals surface area contributed by atoms with Gasteiger partial charge in [-0.1, -0.05) is 56.0 Å². The van der Waals surface area contributed by atoms with Crippen molar-refractivity contribution in [3.8, 4) is 0 Å². The van der Waals surface area contributed by atoms with E-state index >= 15 is 0 Å². The van der Waals surface area contributed by atoms with Gasteiger partial charge in [0.15, 0.2) is 0 Å². The van der Waals surface area contributed by atoms with Crippen molar-refractivity contribution in [2.45, 2.75) is 70.3 Å². The third-order valence-corrected chi connectivity index (χ3v) is 5.78. The van der Waals surface area contributed by atoms with Gasteiger partial charge in [0.05, 0.1) is 0 Å². The fraction of sp³-hybridized carbons (Fsp3) is 0.619. The van der Waals surface area contributed by atoms with Crippen LogP contribution in [0, 0.1) is 11.8 Å². The van der Waals surface area contributed by atoms with Crippen LogP contribution in [-0.4, -0.2) is 17.7 Å². The van der Waals surface area contributed by atoms with Crippen molar-refractivity contribution in [3.05, 3.63) is 35.9 Å². The van der Waals surface area contributed by atoms with E-state index in [1.54, 1.807) is 0 Å². The Hall–Kier alpha value is -1.64. The number of hydrogen-bond acceptors (Lipinski definition) is 2. The minimum atomic E-state index is 0.160. The number of amides is 1. The molecule has 1 amide bonds. The summed E-state index contributed by atoms with van der Waals surface area (Å²) in [6.45, 7) is 0. The Morgan fingerprint density at radius 3 is 2.58 bits per heavy atom. The number of nitrogens with one attached hydrogen (secondary N) is 1. The van der Waals surface area contributed by atoms with Gasteiger partial charge in [-0.2, -0.15) is 0 Å². The SMILES string of the molecule is O=C1CC[C@@H](NC(=O)CCCc2ccccc2)[C@H](C2CCCC2)C1. The Labute approximate surface area is 145 Å². The zero-order chi connectivity index (χ0) is 16.8. The first kappa shape index (κ1) is 17.2. The van der Waals surface area contributed by atoms with E-state index in [0.717, 1.165) is 19.3 Å². The van der Waals surface area contributed by atoms with Gasteiger partial charge < -0.3 is 5.32 Å². The summed E-state index contributed by atoms with van der Waals surface area (Å²) in [6.07, 6.45) is 9.61. The standard InChI is InChI=1S/C21H29NO2/c23-18-13-14-20(19(15-18)17-10-4-5-11-17)22-21(24)12-6-9-16-7-2-1-3-8-16/h1-3,7-8,17,19-20H,4-6,9-15H2,(H,22,24)/t19-,20+/m0/s1. The Morgan fingerprint density at radius 2 is 1.83 bits per heavy atom. The Morgan fingerprint density at radius 1 is 1.08 bits per heavy atom. The Kier molecular flexibility index (Phi) is 6.06. The summed E-state index contributed by atoms with van der Waals surface area (Å²) in [6, 6.07) is 10.5. The lowest BCUT2D eigenvalue weighted by atomic mass is 9.75. The zero-order valence-corrected chi connectivity index (χ0v) is 14.5. The maximum atomic E-state index is 12.3. The molecule has 1 aromatic rings. The second-order valence-corrected chi connectivity index (χ2v) is 7.50. The molecule has 0 bridgehead atoms. The molecule has 0 aliphatic heterocycles. The molecule has 3 heteroatoms. The monoisotopic (exact) mass is 327 g/mol. The first-order chi connectivity index (χ1) is 11.7. The molecular formula is C21H29NO2. The van der Waals surface area contributed by atoms with Crippen molar-refractivity contribution in [1.82, 2.24) is 5.32 Å². The number of aryl methyl sites for hydroxylation is 1. The fourth-order valence-electron chi connectivity index (χ4n) is 4.47. The summed E-state index contributed by atoms with van der Waals surface area (Å²) in [7, 11) is 0. The van der Waals surface area contributed by atoms with Crippen molar-refractivity contribution in [1.29, 1.82) is 0 Å². The van der Waals surface area contributed by atoms with Gasteiger partial charge >= 0.3 is 0 Å². The molecule has 2 fully saturated rings. The molecule has 130 valence electrons. The summed E-state index contributed by atoms with van der Waals surface area (Å²) in [5.41, 5.74) is 1.29. The minimum absolute atomic E-state index is 0.160. The van der Waals surface area contributed by atoms with E-state index in [1.807, 2.05) is 18.2 Å². The zero-order valence-electron chi connectivity index (χ0n) is 14.5. The third-order valence-electron chi connectivity index (χ3n) is 5.78. The quantitative estimate of drug-likeness (QED) is 0.856. The molecular weight excluding hydrogens is 298 g/mol. The second-order valence-electron chi connectivity index (χ2n) is 7.50. The van der Waals surface area contributed by atoms with Gasteiger partial charge in [-0.3, -0.25) is 9.59 Å². The molecule has 0 heterocycles. The molecule has 0 unspecified atom stereocenters. The number of hydrogen-bond donors (Lipinski definition) is 1. The lowest BCUT2D eigenvalue weighted by Crippen LogP contribution is -2.46. The average Bonchev–Trinajstić information content (AvgIpc) is 3.12. The van der Waals surface area contributed by atoms with Gasteiger partial charge in [0.2, 0.25) is 5.91 Å². The van der Waals surface area contributed by atoms with E-state index in [9.17, 15) is 9.59 Å². The number of carbonyl (C=O) groups excluding carboxylic acids is 2. The number of benzene rings is 1. The normalized spacial score (nSPS) is 24.9. The Balaban J connectivity index is 1.47. The molecule has 3 nitrogen and oxygen atoms in total. The van der Waals surface area contributed by atoms with Crippen molar-refractivity contribution in [3.63, 3.8) is 0 Å². The van der Waals surface area contributed by atoms with Crippen LogP contribution < -0.4 is 5.32 Å². The first-order valence-electron chi connectivity index (χ1n) is 9.57. The number of rotatable bonds is 6. The largest absolute Gasteiger partial charge is 0.353 e. The van der Waals surface area contributed by atoms with Crippen LogP contribution in [0.15, 0.2) is 30.3 Å². The van der Waals surface area contributed by atoms with Crippen LogP contribution >= 0.6 is 0 Å². The Bertz CT molecular complexity index is 548. The van der Waals surface area contributed by atoms with Gasteiger partial charge in [-0.05, 0) is 36.7 Å². The molecule has 3 rings (SSSR count). The highest BCUT2D eigenvalue weighted by Crippen LogP contribution is 2.38. The summed E-state index contributed by atoms with van der Waals surface area (Å²) in [5.74, 6) is 1.57. The van der Waals surface area contributed by atoms with Gasteiger partial charge in [-0.25, -0.2) is 0 Å². The molecule has 0 saturated heterocycles. The number of carbonyl (C=O) groups is 2. The lowest BCUT2D eigenvalue weighted by Gasteiger charge is -2.35. The van der Waals surface area contributed by atoms with Crippen LogP contribution in [0.25, 0.3) is 0 Å². The van der Waals surface area contributed by atoms with Crippen LogP contribution in [0.5, 0.6) is 0 Å². The van der Waals surface area contributed by atoms with Gasteiger partial charge in [-0.15, -0.1) is 0 Å². The predicted molar refractivity (Wildman–Crippen MR) is 95.6 cm³/mol. The molecule has 0 radical (unpaired) electrons. The van der Waals surface area contributed by atoms with E-state index in [-0.39, 0.29) is 11.9 Å². The highest BCUT2D eigenvalue weighted by Gasteiger charge is 2.36. The third kappa shape index (κ3) is 4.68. The van der Waals surface area contributed by atoms with Crippen molar-refractivity contribution in [2.75, 3.05) is 0 Å². The van der Waals surface area contributed by atoms with Crippen LogP contribution in [0.3, 0.4) is 0 Å². The maximum Gasteiger partial charge on any atom is 0.220 e. The molecule has 2 aliphatic carbocycles. The summed E-state index contributed by atoms with van der Waals surface area (Å²) in [4.78, 5) is 24.2. The van der Waals surface area contributed by atoms with E-state index < -0.39 is 0 Å². The van der Waals surface area contributed by atoms with Crippen LogP contribution in [0.1, 0.15) is 63.4 Å². The minimum Gasteiger partial charge on any atom is -0.353 e. The van der Waals surface area contributed by atoms with Crippen molar-refractivity contribution >= 4 is 11.7 Å². The summed E-state index contributed by atoms with van der Waals surface area (Å²) >= 11 is 0. The van der Waals surface area contributed by atoms with Crippen LogP contribution in [-0.2, 0) is 16.0 Å². The predicted octanol–water partition coefficient (Wildman–Crippen LogP) is 4.05. The van der Waals surface area contributed by atoms with E-state index in [0.29, 0.717) is 36.9 Å². The molecule has 2 aliphatic rings. The van der Waals surface area contributed by atoms with Crippen molar-refractivity contribution < 1.29 is 9.59 Å². The lowest BCUT2D eigenvalue weighted by molar-refractivity contribution is -0.127. The fourth-order valence-corrected chi connectivity index (χ4v) is 4.47. The molecule has 1 aromatic carbocycles. The van der Waals surface area contributed by atoms with E-state index in [1.165, 1.54) is 31.2 Å². The topological polar surface area (TPSA) is 46.2 Å². The number of ketones is 1. The van der Waals surface area contributed by atoms with Crippen LogP contribution in [0.4, 0.5) is 0 Å². The van der Waals surface area contributed by atoms with E-state index in [2.05, 4.69) is 17.4 Å². The number of Topliss-reactive ketones (excluding diaryl/α,β-unsaturated/α-hetero) is 1. The average molecular weight is 327 g/mol. The molecule has 1 N–H and O–H groups in total. The smallest absolute Gasteiger partial charge is 0.220 e. The van der Waals surface area contributed by atoms with Crippen molar-refractivity contribution in [2.24, 2.45) is 11.8 Å². The molecule has 24 heavy (non-hydrogen) atoms. The molecule has 2 saturated carbocycles. The maximum absolute atomic E-state index is 12.3. The highest BCUT2D eigenvalue weighted by molar-refractivity contribution is 5.81. The second kappa shape index (κ2) is 8.46. The highest BCUT2D eigenvalue weighted by atomic mass is 16.1. The molecule has 0 aromatic heterocycles. The van der Waals surface area contributed by atoms with Gasteiger partial charge in [0.25, 0.3) is 0 Å². The van der Waals surface area contributed by atoms with E-state index in [4.69, 9.17) is 0 Å². The van der Waals surface area contributed by atoms with Gasteiger partial charge in [0, 0.05) is 25.3 Å². The van der Waals surface area contributed by atoms with Gasteiger partial charge in [0.1, 0.15) is 5.78 Å².